The Labute approximate surface area is 130 Å². The fourth-order valence-corrected chi connectivity index (χ4v) is 2.25. The van der Waals surface area contributed by atoms with Crippen LogP contribution in [0, 0.1) is 0 Å². The van der Waals surface area contributed by atoms with E-state index in [1.54, 1.807) is 31.5 Å². The summed E-state index contributed by atoms with van der Waals surface area (Å²) >= 11 is 0. The second kappa shape index (κ2) is 8.26. The van der Waals surface area contributed by atoms with Crippen molar-refractivity contribution in [3.8, 4) is 0 Å². The highest BCUT2D eigenvalue weighted by atomic mass is 16.5. The molecule has 0 aliphatic carbocycles. The molecule has 0 bridgehead atoms. The average molecular weight is 300 g/mol. The van der Waals surface area contributed by atoms with Crippen LogP contribution in [0.1, 0.15) is 21.5 Å². The van der Waals surface area contributed by atoms with E-state index in [2.05, 4.69) is 9.88 Å². The van der Waals surface area contributed by atoms with Gasteiger partial charge in [0.25, 0.3) is 0 Å². The van der Waals surface area contributed by atoms with Crippen molar-refractivity contribution in [3.05, 3.63) is 65.5 Å². The fraction of sp³-hybridized carbons (Fsp3) is 0.294. The number of aromatic nitrogens is 1. The van der Waals surface area contributed by atoms with E-state index in [0.29, 0.717) is 18.7 Å². The van der Waals surface area contributed by atoms with Gasteiger partial charge in [-0.25, -0.2) is 4.79 Å². The smallest absolute Gasteiger partial charge is 0.335 e. The highest BCUT2D eigenvalue weighted by Gasteiger charge is 2.09. The number of methoxy groups -OCH3 is 1. The zero-order valence-electron chi connectivity index (χ0n) is 12.6. The van der Waals surface area contributed by atoms with Gasteiger partial charge in [-0.15, -0.1) is 0 Å². The van der Waals surface area contributed by atoms with Gasteiger partial charge in [0, 0.05) is 39.1 Å². The maximum absolute atomic E-state index is 11.1. The Hall–Kier alpha value is -2.24. The molecule has 0 aliphatic heterocycles. The van der Waals surface area contributed by atoms with E-state index in [1.807, 2.05) is 24.4 Å². The van der Waals surface area contributed by atoms with E-state index in [1.165, 1.54) is 0 Å². The number of carbonyl (C=O) groups is 1. The van der Waals surface area contributed by atoms with Crippen LogP contribution in [0.4, 0.5) is 0 Å². The van der Waals surface area contributed by atoms with Gasteiger partial charge in [-0.2, -0.15) is 0 Å². The minimum Gasteiger partial charge on any atom is -0.478 e. The standard InChI is InChI=1S/C17H20N2O3/c1-22-9-8-19(13-15-5-3-7-18-11-15)12-14-4-2-6-16(10-14)17(20)21/h2-7,10-11H,8-9,12-13H2,1H3,(H,20,21). The number of hydrogen-bond donors (Lipinski definition) is 1. The summed E-state index contributed by atoms with van der Waals surface area (Å²) in [6.07, 6.45) is 3.59. The summed E-state index contributed by atoms with van der Waals surface area (Å²) in [6, 6.07) is 11.0. The first-order chi connectivity index (χ1) is 10.7. The van der Waals surface area contributed by atoms with Crippen molar-refractivity contribution in [2.24, 2.45) is 0 Å². The molecule has 0 fully saturated rings. The molecule has 0 saturated carbocycles. The van der Waals surface area contributed by atoms with Gasteiger partial charge >= 0.3 is 5.97 Å². The maximum atomic E-state index is 11.1. The van der Waals surface area contributed by atoms with Crippen LogP contribution in [0.15, 0.2) is 48.8 Å². The highest BCUT2D eigenvalue weighted by molar-refractivity contribution is 5.87. The molecule has 1 aromatic heterocycles. The van der Waals surface area contributed by atoms with Crippen LogP contribution in [-0.4, -0.2) is 41.2 Å². The molecule has 5 nitrogen and oxygen atoms in total. The van der Waals surface area contributed by atoms with Crippen LogP contribution in [0.3, 0.4) is 0 Å². The molecule has 22 heavy (non-hydrogen) atoms. The van der Waals surface area contributed by atoms with Crippen molar-refractivity contribution in [3.63, 3.8) is 0 Å². The van der Waals surface area contributed by atoms with E-state index >= 15 is 0 Å². The minimum atomic E-state index is -0.905. The van der Waals surface area contributed by atoms with Crippen molar-refractivity contribution in [2.75, 3.05) is 20.3 Å². The Balaban J connectivity index is 2.08. The highest BCUT2D eigenvalue weighted by Crippen LogP contribution is 2.11. The normalized spacial score (nSPS) is 10.8. The molecule has 2 rings (SSSR count). The van der Waals surface area contributed by atoms with E-state index in [4.69, 9.17) is 9.84 Å². The Morgan fingerprint density at radius 2 is 2.00 bits per heavy atom. The number of rotatable bonds is 8. The topological polar surface area (TPSA) is 62.7 Å². The first-order valence-corrected chi connectivity index (χ1v) is 7.11. The molecule has 0 saturated heterocycles. The third-order valence-electron chi connectivity index (χ3n) is 3.32. The van der Waals surface area contributed by atoms with Gasteiger partial charge in [-0.1, -0.05) is 18.2 Å². The second-order valence-electron chi connectivity index (χ2n) is 5.07. The first-order valence-electron chi connectivity index (χ1n) is 7.11. The van der Waals surface area contributed by atoms with E-state index < -0.39 is 5.97 Å². The first kappa shape index (κ1) is 16.1. The predicted octanol–water partition coefficient (Wildman–Crippen LogP) is 2.43. The SMILES string of the molecule is COCCN(Cc1cccnc1)Cc1cccc(C(=O)O)c1. The van der Waals surface area contributed by atoms with Crippen LogP contribution in [0.25, 0.3) is 0 Å². The molecule has 0 unspecified atom stereocenters. The summed E-state index contributed by atoms with van der Waals surface area (Å²) < 4.78 is 5.16. The van der Waals surface area contributed by atoms with E-state index in [0.717, 1.165) is 24.2 Å². The Morgan fingerprint density at radius 1 is 1.23 bits per heavy atom. The molecule has 1 heterocycles. The maximum Gasteiger partial charge on any atom is 0.335 e. The van der Waals surface area contributed by atoms with Crippen LogP contribution >= 0.6 is 0 Å². The van der Waals surface area contributed by atoms with Gasteiger partial charge in [0.15, 0.2) is 0 Å². The molecule has 0 atom stereocenters. The number of hydrogen-bond acceptors (Lipinski definition) is 4. The summed E-state index contributed by atoms with van der Waals surface area (Å²) in [4.78, 5) is 17.4. The molecule has 0 aliphatic rings. The van der Waals surface area contributed by atoms with Crippen molar-refractivity contribution in [1.29, 1.82) is 0 Å². The zero-order chi connectivity index (χ0) is 15.8. The molecule has 2 aromatic rings. The lowest BCUT2D eigenvalue weighted by Crippen LogP contribution is -2.26. The number of aromatic carboxylic acids is 1. The third kappa shape index (κ3) is 4.95. The number of ether oxygens (including phenoxy) is 1. The summed E-state index contributed by atoms with van der Waals surface area (Å²) in [7, 11) is 1.67. The Bertz CT molecular complexity index is 602. The Kier molecular flexibility index (Phi) is 6.06. The minimum absolute atomic E-state index is 0.311. The number of benzene rings is 1. The van der Waals surface area contributed by atoms with Gasteiger partial charge in [0.1, 0.15) is 0 Å². The van der Waals surface area contributed by atoms with E-state index in [-0.39, 0.29) is 0 Å². The monoisotopic (exact) mass is 300 g/mol. The van der Waals surface area contributed by atoms with Crippen LogP contribution in [0.5, 0.6) is 0 Å². The van der Waals surface area contributed by atoms with Gasteiger partial charge in [0.2, 0.25) is 0 Å². The third-order valence-corrected chi connectivity index (χ3v) is 3.32. The fourth-order valence-electron chi connectivity index (χ4n) is 2.25. The van der Waals surface area contributed by atoms with Crippen LogP contribution < -0.4 is 0 Å². The number of carboxylic acid groups (broad SMARTS) is 1. The number of carboxylic acids is 1. The van der Waals surface area contributed by atoms with Gasteiger partial charge in [-0.05, 0) is 29.3 Å². The molecule has 1 aromatic carbocycles. The van der Waals surface area contributed by atoms with Crippen LogP contribution in [0.2, 0.25) is 0 Å². The quantitative estimate of drug-likeness (QED) is 0.811. The molecular weight excluding hydrogens is 280 g/mol. The molecule has 0 amide bonds. The van der Waals surface area contributed by atoms with Crippen molar-refractivity contribution < 1.29 is 14.6 Å². The van der Waals surface area contributed by atoms with Gasteiger partial charge in [0.05, 0.1) is 12.2 Å². The van der Waals surface area contributed by atoms with Crippen molar-refractivity contribution in [2.45, 2.75) is 13.1 Å². The summed E-state index contributed by atoms with van der Waals surface area (Å²) in [5.41, 5.74) is 2.40. The molecule has 1 N–H and O–H groups in total. The molecule has 5 heteroatoms. The molecule has 116 valence electrons. The van der Waals surface area contributed by atoms with Crippen molar-refractivity contribution in [1.82, 2.24) is 9.88 Å². The molecule has 0 radical (unpaired) electrons. The second-order valence-corrected chi connectivity index (χ2v) is 5.07. The predicted molar refractivity (Wildman–Crippen MR) is 83.6 cm³/mol. The molecule has 0 spiro atoms. The van der Waals surface area contributed by atoms with Gasteiger partial charge < -0.3 is 9.84 Å². The lowest BCUT2D eigenvalue weighted by atomic mass is 10.1. The lowest BCUT2D eigenvalue weighted by Gasteiger charge is -2.22. The van der Waals surface area contributed by atoms with Crippen LogP contribution in [-0.2, 0) is 17.8 Å². The van der Waals surface area contributed by atoms with Crippen molar-refractivity contribution >= 4 is 5.97 Å². The average Bonchev–Trinajstić information content (AvgIpc) is 2.54. The summed E-state index contributed by atoms with van der Waals surface area (Å²) in [5, 5.41) is 9.08. The van der Waals surface area contributed by atoms with E-state index in [9.17, 15) is 4.79 Å². The summed E-state index contributed by atoms with van der Waals surface area (Å²) in [6.45, 7) is 2.80. The Morgan fingerprint density at radius 3 is 2.68 bits per heavy atom. The number of nitrogens with zero attached hydrogens (tertiary/aromatic N) is 2. The lowest BCUT2D eigenvalue weighted by molar-refractivity contribution is 0.0696. The largest absolute Gasteiger partial charge is 0.478 e. The van der Waals surface area contributed by atoms with Gasteiger partial charge in [-0.3, -0.25) is 9.88 Å². The molecular formula is C17H20N2O3. The summed E-state index contributed by atoms with van der Waals surface area (Å²) in [5.74, 6) is -0.905. The number of pyridine rings is 1. The zero-order valence-corrected chi connectivity index (χ0v) is 12.6.